The second-order valence-corrected chi connectivity index (χ2v) is 15.0. The number of hydrogen-bond donors (Lipinski definition) is 2. The molecular formula is C34H55NO3. The van der Waals surface area contributed by atoms with E-state index in [-0.39, 0.29) is 21.7 Å². The molecule has 1 atom stereocenters. The fourth-order valence-corrected chi connectivity index (χ4v) is 5.26. The molecular weight excluding hydrogens is 470 g/mol. The molecule has 0 aromatic heterocycles. The molecule has 0 saturated heterocycles. The quantitative estimate of drug-likeness (QED) is 0.403. The summed E-state index contributed by atoms with van der Waals surface area (Å²) in [6, 6.07) is 7.93. The summed E-state index contributed by atoms with van der Waals surface area (Å²) in [6.45, 7) is 28.2. The molecule has 0 saturated carbocycles. The Bertz CT molecular complexity index is 981. The standard InChI is InChI=1S/C34H55NO3/c1-16-27(35)34(36,21-17-23(30(2,3)4)28(37-14)24(18-21)31(5,6)7)22-19-25(32(8,9)10)29(38-15)26(20-22)33(11,12)13/h17-20,27,36H,16,35H2,1-15H3. The molecule has 0 bridgehead atoms. The summed E-state index contributed by atoms with van der Waals surface area (Å²) in [5, 5.41) is 12.9. The number of benzene rings is 2. The summed E-state index contributed by atoms with van der Waals surface area (Å²) in [6.07, 6.45) is 0.611. The van der Waals surface area contributed by atoms with Gasteiger partial charge in [-0.25, -0.2) is 0 Å². The number of ether oxygens (including phenoxy) is 2. The van der Waals surface area contributed by atoms with E-state index >= 15 is 0 Å². The Morgan fingerprint density at radius 3 is 1.00 bits per heavy atom. The zero-order valence-corrected chi connectivity index (χ0v) is 26.9. The lowest BCUT2D eigenvalue weighted by Gasteiger charge is -2.40. The molecule has 0 radical (unpaired) electrons. The highest BCUT2D eigenvalue weighted by molar-refractivity contribution is 5.57. The number of nitrogens with two attached hydrogens (primary N) is 1. The van der Waals surface area contributed by atoms with Crippen LogP contribution in [0.1, 0.15) is 130 Å². The van der Waals surface area contributed by atoms with E-state index < -0.39 is 11.6 Å². The Morgan fingerprint density at radius 2 is 0.842 bits per heavy atom. The van der Waals surface area contributed by atoms with Gasteiger partial charge >= 0.3 is 0 Å². The first-order valence-electron chi connectivity index (χ1n) is 14.0. The van der Waals surface area contributed by atoms with Gasteiger partial charge in [0.15, 0.2) is 0 Å². The molecule has 4 heteroatoms. The van der Waals surface area contributed by atoms with Crippen molar-refractivity contribution in [2.24, 2.45) is 5.73 Å². The molecule has 0 amide bonds. The predicted octanol–water partition coefficient (Wildman–Crippen LogP) is 7.87. The Kier molecular flexibility index (Phi) is 8.89. The number of methoxy groups -OCH3 is 2. The minimum absolute atomic E-state index is 0.203. The van der Waals surface area contributed by atoms with Crippen molar-refractivity contribution < 1.29 is 14.6 Å². The van der Waals surface area contributed by atoms with E-state index in [4.69, 9.17) is 15.2 Å². The molecule has 0 spiro atoms. The van der Waals surface area contributed by atoms with Crippen molar-refractivity contribution in [3.8, 4) is 11.5 Å². The Hall–Kier alpha value is -2.04. The third kappa shape index (κ3) is 6.07. The molecule has 214 valence electrons. The molecule has 3 N–H and O–H groups in total. The van der Waals surface area contributed by atoms with Gasteiger partial charge in [0.1, 0.15) is 17.1 Å². The normalized spacial score (nSPS) is 14.4. The van der Waals surface area contributed by atoms with Crippen LogP contribution < -0.4 is 15.2 Å². The van der Waals surface area contributed by atoms with Crippen LogP contribution in [0.5, 0.6) is 11.5 Å². The summed E-state index contributed by atoms with van der Waals surface area (Å²) in [7, 11) is 3.47. The first-order chi connectivity index (χ1) is 17.0. The van der Waals surface area contributed by atoms with Gasteiger partial charge in [0, 0.05) is 28.3 Å². The maximum absolute atomic E-state index is 12.9. The molecule has 0 heterocycles. The first kappa shape index (κ1) is 32.2. The topological polar surface area (TPSA) is 64.7 Å². The van der Waals surface area contributed by atoms with Gasteiger partial charge in [0.05, 0.1) is 14.2 Å². The van der Waals surface area contributed by atoms with Crippen LogP contribution in [0.4, 0.5) is 0 Å². The molecule has 1 unspecified atom stereocenters. The molecule has 4 nitrogen and oxygen atoms in total. The molecule has 0 aliphatic carbocycles. The second-order valence-electron chi connectivity index (χ2n) is 15.0. The summed E-state index contributed by atoms with van der Waals surface area (Å²) >= 11 is 0. The maximum Gasteiger partial charge on any atom is 0.130 e. The molecule has 0 aliphatic heterocycles. The van der Waals surface area contributed by atoms with Gasteiger partial charge < -0.3 is 20.3 Å². The maximum atomic E-state index is 12.9. The minimum atomic E-state index is -1.42. The molecule has 0 aliphatic rings. The van der Waals surface area contributed by atoms with Crippen LogP contribution in [0, 0.1) is 0 Å². The van der Waals surface area contributed by atoms with Crippen molar-refractivity contribution in [3.05, 3.63) is 57.6 Å². The van der Waals surface area contributed by atoms with E-state index in [2.05, 4.69) is 107 Å². The zero-order chi connectivity index (χ0) is 29.6. The Labute approximate surface area is 233 Å². The monoisotopic (exact) mass is 525 g/mol. The average Bonchev–Trinajstić information content (AvgIpc) is 2.78. The van der Waals surface area contributed by atoms with E-state index in [1.165, 1.54) is 0 Å². The lowest BCUT2D eigenvalue weighted by Crippen LogP contribution is -2.47. The summed E-state index contributed by atoms with van der Waals surface area (Å²) < 4.78 is 12.0. The summed E-state index contributed by atoms with van der Waals surface area (Å²) in [4.78, 5) is 0. The third-order valence-electron chi connectivity index (χ3n) is 7.67. The SMILES string of the molecule is CCC(N)C(O)(c1cc(C(C)(C)C)c(OC)c(C(C)(C)C)c1)c1cc(C(C)(C)C)c(OC)c(C(C)(C)C)c1. The Balaban J connectivity index is 3.18. The van der Waals surface area contributed by atoms with Gasteiger partial charge in [-0.2, -0.15) is 0 Å². The predicted molar refractivity (Wildman–Crippen MR) is 162 cm³/mol. The van der Waals surface area contributed by atoms with Gasteiger partial charge in [0.25, 0.3) is 0 Å². The van der Waals surface area contributed by atoms with Gasteiger partial charge in [-0.1, -0.05) is 90.0 Å². The van der Waals surface area contributed by atoms with E-state index in [0.717, 1.165) is 44.9 Å². The smallest absolute Gasteiger partial charge is 0.130 e. The molecule has 2 aromatic rings. The number of aliphatic hydroxyl groups is 1. The minimum Gasteiger partial charge on any atom is -0.496 e. The molecule has 2 rings (SSSR count). The highest BCUT2D eigenvalue weighted by Gasteiger charge is 2.42. The van der Waals surface area contributed by atoms with Crippen LogP contribution in [-0.2, 0) is 27.3 Å². The molecule has 0 fully saturated rings. The van der Waals surface area contributed by atoms with Crippen LogP contribution in [0.3, 0.4) is 0 Å². The lowest BCUT2D eigenvalue weighted by atomic mass is 9.70. The molecule has 2 aromatic carbocycles. The van der Waals surface area contributed by atoms with E-state index in [9.17, 15) is 5.11 Å². The van der Waals surface area contributed by atoms with Crippen molar-refractivity contribution in [2.45, 2.75) is 130 Å². The molecule has 38 heavy (non-hydrogen) atoms. The average molecular weight is 526 g/mol. The van der Waals surface area contributed by atoms with E-state index in [1.807, 2.05) is 6.92 Å². The largest absolute Gasteiger partial charge is 0.496 e. The highest BCUT2D eigenvalue weighted by atomic mass is 16.5. The van der Waals surface area contributed by atoms with Crippen molar-refractivity contribution in [1.29, 1.82) is 0 Å². The van der Waals surface area contributed by atoms with Crippen LogP contribution in [0.15, 0.2) is 24.3 Å². The van der Waals surface area contributed by atoms with Crippen molar-refractivity contribution in [1.82, 2.24) is 0 Å². The van der Waals surface area contributed by atoms with Gasteiger partial charge in [-0.15, -0.1) is 0 Å². The summed E-state index contributed by atoms with van der Waals surface area (Å²) in [5.41, 5.74) is 10.5. The van der Waals surface area contributed by atoms with Gasteiger partial charge in [-0.3, -0.25) is 0 Å². The van der Waals surface area contributed by atoms with Gasteiger partial charge in [-0.05, 0) is 63.5 Å². The number of hydrogen-bond acceptors (Lipinski definition) is 4. The number of rotatable bonds is 6. The fourth-order valence-electron chi connectivity index (χ4n) is 5.26. The second kappa shape index (κ2) is 10.5. The Morgan fingerprint density at radius 1 is 0.605 bits per heavy atom. The highest BCUT2D eigenvalue weighted by Crippen LogP contribution is 2.48. The van der Waals surface area contributed by atoms with Gasteiger partial charge in [0.2, 0.25) is 0 Å². The van der Waals surface area contributed by atoms with Crippen LogP contribution in [0.2, 0.25) is 0 Å². The lowest BCUT2D eigenvalue weighted by molar-refractivity contribution is 0.0496. The van der Waals surface area contributed by atoms with E-state index in [0.29, 0.717) is 6.42 Å². The van der Waals surface area contributed by atoms with Crippen molar-refractivity contribution in [3.63, 3.8) is 0 Å². The fraction of sp³-hybridized carbons (Fsp3) is 0.647. The van der Waals surface area contributed by atoms with Crippen molar-refractivity contribution in [2.75, 3.05) is 14.2 Å². The van der Waals surface area contributed by atoms with Crippen LogP contribution in [-0.4, -0.2) is 25.4 Å². The third-order valence-corrected chi connectivity index (χ3v) is 7.67. The van der Waals surface area contributed by atoms with Crippen molar-refractivity contribution >= 4 is 0 Å². The first-order valence-corrected chi connectivity index (χ1v) is 14.0. The van der Waals surface area contributed by atoms with Crippen LogP contribution in [0.25, 0.3) is 0 Å². The zero-order valence-electron chi connectivity index (χ0n) is 26.9. The van der Waals surface area contributed by atoms with Crippen LogP contribution >= 0.6 is 0 Å². The summed E-state index contributed by atoms with van der Waals surface area (Å²) in [5.74, 6) is 1.75. The van der Waals surface area contributed by atoms with E-state index in [1.54, 1.807) is 14.2 Å².